The van der Waals surface area contributed by atoms with E-state index in [1.54, 1.807) is 0 Å². The highest BCUT2D eigenvalue weighted by Gasteiger charge is 2.36. The molecule has 0 bridgehead atoms. The van der Waals surface area contributed by atoms with E-state index in [2.05, 4.69) is 30.0 Å². The minimum atomic E-state index is 0.0231. The van der Waals surface area contributed by atoms with Crippen LogP contribution in [0.25, 0.3) is 10.8 Å². The van der Waals surface area contributed by atoms with Crippen molar-refractivity contribution in [2.24, 2.45) is 0 Å². The molecule has 0 aliphatic carbocycles. The standard InChI is InChI=1S/C19H23NO2/c1-3-18(21)17-12-15(13-20(17)4-2)22-19-11-7-9-14-8-5-6-10-16(14)19/h5-11,15,17H,3-4,12-13H2,1-2H3. The van der Waals surface area contributed by atoms with Gasteiger partial charge in [0.15, 0.2) is 0 Å². The molecule has 0 amide bonds. The first-order chi connectivity index (χ1) is 10.7. The van der Waals surface area contributed by atoms with Crippen molar-refractivity contribution in [2.45, 2.75) is 38.8 Å². The van der Waals surface area contributed by atoms with Gasteiger partial charge in [-0.2, -0.15) is 0 Å². The van der Waals surface area contributed by atoms with Crippen LogP contribution in [0.4, 0.5) is 0 Å². The molecular formula is C19H23NO2. The van der Waals surface area contributed by atoms with Gasteiger partial charge in [-0.1, -0.05) is 50.2 Å². The molecule has 2 aromatic rings. The van der Waals surface area contributed by atoms with Crippen LogP contribution in [0.5, 0.6) is 5.75 Å². The normalized spacial score (nSPS) is 22.1. The number of fused-ring (bicyclic) bond motifs is 1. The number of carbonyl (C=O) groups is 1. The third-order valence-electron chi connectivity index (χ3n) is 4.53. The fraction of sp³-hybridized carbons (Fsp3) is 0.421. The fourth-order valence-electron chi connectivity index (χ4n) is 3.35. The number of ether oxygens (including phenoxy) is 1. The van der Waals surface area contributed by atoms with Crippen LogP contribution >= 0.6 is 0 Å². The predicted octanol–water partition coefficient (Wildman–Crippen LogP) is 3.66. The number of ketones is 1. The molecular weight excluding hydrogens is 274 g/mol. The molecule has 0 aromatic heterocycles. The number of likely N-dealkylation sites (tertiary alicyclic amines) is 1. The summed E-state index contributed by atoms with van der Waals surface area (Å²) in [6, 6.07) is 14.4. The van der Waals surface area contributed by atoms with Gasteiger partial charge in [0.05, 0.1) is 6.04 Å². The summed E-state index contributed by atoms with van der Waals surface area (Å²) < 4.78 is 6.25. The van der Waals surface area contributed by atoms with Crippen LogP contribution < -0.4 is 4.74 Å². The van der Waals surface area contributed by atoms with E-state index >= 15 is 0 Å². The van der Waals surface area contributed by atoms with Crippen molar-refractivity contribution in [1.29, 1.82) is 0 Å². The minimum Gasteiger partial charge on any atom is -0.488 e. The van der Waals surface area contributed by atoms with E-state index in [9.17, 15) is 4.79 Å². The Balaban J connectivity index is 1.80. The summed E-state index contributed by atoms with van der Waals surface area (Å²) in [4.78, 5) is 14.3. The average Bonchev–Trinajstić information content (AvgIpc) is 2.97. The van der Waals surface area contributed by atoms with Gasteiger partial charge in [-0.05, 0) is 18.0 Å². The summed E-state index contributed by atoms with van der Waals surface area (Å²) in [7, 11) is 0. The molecule has 116 valence electrons. The number of nitrogens with zero attached hydrogens (tertiary/aromatic N) is 1. The zero-order valence-electron chi connectivity index (χ0n) is 13.3. The molecule has 2 aromatic carbocycles. The van der Waals surface area contributed by atoms with Gasteiger partial charge < -0.3 is 4.74 Å². The van der Waals surface area contributed by atoms with Gasteiger partial charge in [0.2, 0.25) is 0 Å². The maximum Gasteiger partial charge on any atom is 0.149 e. The lowest BCUT2D eigenvalue weighted by Gasteiger charge is -2.20. The number of hydrogen-bond donors (Lipinski definition) is 0. The number of hydrogen-bond acceptors (Lipinski definition) is 3. The number of likely N-dealkylation sites (N-methyl/N-ethyl adjacent to an activating group) is 1. The Morgan fingerprint density at radius 3 is 2.73 bits per heavy atom. The summed E-state index contributed by atoms with van der Waals surface area (Å²) in [5, 5.41) is 2.32. The van der Waals surface area contributed by atoms with E-state index < -0.39 is 0 Å². The molecule has 22 heavy (non-hydrogen) atoms. The van der Waals surface area contributed by atoms with Crippen LogP contribution in [0.1, 0.15) is 26.7 Å². The first-order valence-electron chi connectivity index (χ1n) is 8.14. The van der Waals surface area contributed by atoms with Crippen LogP contribution in [0, 0.1) is 0 Å². The van der Waals surface area contributed by atoms with Gasteiger partial charge in [-0.25, -0.2) is 0 Å². The molecule has 1 saturated heterocycles. The second-order valence-electron chi connectivity index (χ2n) is 5.88. The molecule has 3 nitrogen and oxygen atoms in total. The summed E-state index contributed by atoms with van der Waals surface area (Å²) in [6.07, 6.45) is 1.48. The highest BCUT2D eigenvalue weighted by atomic mass is 16.5. The monoisotopic (exact) mass is 297 g/mol. The molecule has 0 saturated carbocycles. The van der Waals surface area contributed by atoms with Gasteiger partial charge in [0.25, 0.3) is 0 Å². The fourth-order valence-corrected chi connectivity index (χ4v) is 3.35. The molecule has 1 aliphatic rings. The zero-order chi connectivity index (χ0) is 15.5. The van der Waals surface area contributed by atoms with Crippen molar-refractivity contribution in [3.8, 4) is 5.75 Å². The summed E-state index contributed by atoms with van der Waals surface area (Å²) in [6.45, 7) is 5.77. The van der Waals surface area contributed by atoms with E-state index in [4.69, 9.17) is 4.74 Å². The van der Waals surface area contributed by atoms with Crippen molar-refractivity contribution < 1.29 is 9.53 Å². The highest BCUT2D eigenvalue weighted by molar-refractivity contribution is 5.88. The molecule has 2 unspecified atom stereocenters. The first kappa shape index (κ1) is 15.0. The smallest absolute Gasteiger partial charge is 0.149 e. The van der Waals surface area contributed by atoms with Crippen molar-refractivity contribution in [3.63, 3.8) is 0 Å². The molecule has 2 atom stereocenters. The lowest BCUT2D eigenvalue weighted by molar-refractivity contribution is -0.123. The third-order valence-corrected chi connectivity index (χ3v) is 4.53. The molecule has 1 heterocycles. The Morgan fingerprint density at radius 2 is 1.95 bits per heavy atom. The van der Waals surface area contributed by atoms with Gasteiger partial charge in [0, 0.05) is 24.8 Å². The maximum atomic E-state index is 12.1. The molecule has 1 aliphatic heterocycles. The lowest BCUT2D eigenvalue weighted by atomic mass is 10.1. The van der Waals surface area contributed by atoms with Crippen molar-refractivity contribution >= 4 is 16.6 Å². The van der Waals surface area contributed by atoms with Crippen molar-refractivity contribution in [1.82, 2.24) is 4.90 Å². The van der Waals surface area contributed by atoms with Crippen LogP contribution in [-0.4, -0.2) is 35.9 Å². The highest BCUT2D eigenvalue weighted by Crippen LogP contribution is 2.29. The number of carbonyl (C=O) groups excluding carboxylic acids is 1. The van der Waals surface area contributed by atoms with Gasteiger partial charge >= 0.3 is 0 Å². The zero-order valence-corrected chi connectivity index (χ0v) is 13.3. The molecule has 3 heteroatoms. The van der Waals surface area contributed by atoms with Gasteiger partial charge in [0.1, 0.15) is 17.6 Å². The second-order valence-corrected chi connectivity index (χ2v) is 5.88. The van der Waals surface area contributed by atoms with Crippen molar-refractivity contribution in [3.05, 3.63) is 42.5 Å². The van der Waals surface area contributed by atoms with E-state index in [0.717, 1.165) is 30.6 Å². The molecule has 3 rings (SSSR count). The van der Waals surface area contributed by atoms with E-state index in [1.165, 1.54) is 5.39 Å². The van der Waals surface area contributed by atoms with Crippen LogP contribution in [0.2, 0.25) is 0 Å². The Morgan fingerprint density at radius 1 is 1.18 bits per heavy atom. The Kier molecular flexibility index (Phi) is 4.44. The summed E-state index contributed by atoms with van der Waals surface area (Å²) >= 11 is 0. The predicted molar refractivity (Wildman–Crippen MR) is 89.3 cm³/mol. The molecule has 0 spiro atoms. The summed E-state index contributed by atoms with van der Waals surface area (Å²) in [5.74, 6) is 1.25. The molecule has 0 N–H and O–H groups in total. The van der Waals surface area contributed by atoms with Crippen LogP contribution in [0.3, 0.4) is 0 Å². The number of rotatable bonds is 5. The van der Waals surface area contributed by atoms with Gasteiger partial charge in [-0.15, -0.1) is 0 Å². The van der Waals surface area contributed by atoms with Gasteiger partial charge in [-0.3, -0.25) is 9.69 Å². The number of Topliss-reactive ketones (excluding diaryl/α,β-unsaturated/α-hetero) is 1. The Hall–Kier alpha value is -1.87. The topological polar surface area (TPSA) is 29.5 Å². The quantitative estimate of drug-likeness (QED) is 0.843. The maximum absolute atomic E-state index is 12.1. The van der Waals surface area contributed by atoms with E-state index in [1.807, 2.05) is 31.2 Å². The van der Waals surface area contributed by atoms with E-state index in [-0.39, 0.29) is 12.1 Å². The van der Waals surface area contributed by atoms with E-state index in [0.29, 0.717) is 12.2 Å². The SMILES string of the molecule is CCC(=O)C1CC(Oc2cccc3ccccc23)CN1CC. The summed E-state index contributed by atoms with van der Waals surface area (Å²) in [5.41, 5.74) is 0. The third kappa shape index (κ3) is 2.86. The van der Waals surface area contributed by atoms with Crippen LogP contribution in [0.15, 0.2) is 42.5 Å². The largest absolute Gasteiger partial charge is 0.488 e. The lowest BCUT2D eigenvalue weighted by Crippen LogP contribution is -2.35. The second kappa shape index (κ2) is 6.49. The average molecular weight is 297 g/mol. The first-order valence-corrected chi connectivity index (χ1v) is 8.14. The van der Waals surface area contributed by atoms with Crippen LogP contribution in [-0.2, 0) is 4.79 Å². The Labute approximate surface area is 131 Å². The molecule has 0 radical (unpaired) electrons. The Bertz CT molecular complexity index is 662. The van der Waals surface area contributed by atoms with Crippen molar-refractivity contribution in [2.75, 3.05) is 13.1 Å². The minimum absolute atomic E-state index is 0.0231. The number of benzene rings is 2. The molecule has 1 fully saturated rings.